The zero-order valence-electron chi connectivity index (χ0n) is 10.4. The summed E-state index contributed by atoms with van der Waals surface area (Å²) < 4.78 is 14.2. The van der Waals surface area contributed by atoms with Crippen molar-refractivity contribution < 1.29 is 4.39 Å². The van der Waals surface area contributed by atoms with E-state index in [4.69, 9.17) is 0 Å². The molecule has 1 atom stereocenters. The maximum Gasteiger partial charge on any atom is 0.124 e. The van der Waals surface area contributed by atoms with E-state index in [2.05, 4.69) is 32.7 Å². The molecule has 1 aromatic carbocycles. The minimum atomic E-state index is -0.212. The van der Waals surface area contributed by atoms with Crippen molar-refractivity contribution >= 4 is 40.7 Å². The molecule has 0 radical (unpaired) electrons. The van der Waals surface area contributed by atoms with Crippen molar-refractivity contribution in [1.82, 2.24) is 10.2 Å². The maximum atomic E-state index is 13.4. The van der Waals surface area contributed by atoms with Gasteiger partial charge in [0.1, 0.15) is 5.82 Å². The van der Waals surface area contributed by atoms with Crippen molar-refractivity contribution in [2.75, 3.05) is 26.2 Å². The molecule has 1 N–H and O–H groups in total. The lowest BCUT2D eigenvalue weighted by Crippen LogP contribution is -2.44. The van der Waals surface area contributed by atoms with Gasteiger partial charge in [0.15, 0.2) is 0 Å². The molecule has 1 aliphatic heterocycles. The summed E-state index contributed by atoms with van der Waals surface area (Å²) in [7, 11) is 0. The van der Waals surface area contributed by atoms with Gasteiger partial charge in [-0.2, -0.15) is 0 Å². The number of hydrogen-bond acceptors (Lipinski definition) is 2. The molecule has 0 spiro atoms. The first-order valence-corrected chi connectivity index (χ1v) is 6.53. The summed E-state index contributed by atoms with van der Waals surface area (Å²) in [6, 6.07) is 5.10. The lowest BCUT2D eigenvalue weighted by Gasteiger charge is -2.33. The van der Waals surface area contributed by atoms with Gasteiger partial charge < -0.3 is 5.32 Å². The van der Waals surface area contributed by atoms with E-state index in [1.54, 1.807) is 6.07 Å². The van der Waals surface area contributed by atoms with E-state index in [0.717, 1.165) is 36.2 Å². The Hall–Kier alpha value is -0.130. The lowest BCUT2D eigenvalue weighted by atomic mass is 10.0. The summed E-state index contributed by atoms with van der Waals surface area (Å²) in [6.07, 6.45) is 1.88. The van der Waals surface area contributed by atoms with Crippen LogP contribution in [-0.2, 0) is 0 Å². The van der Waals surface area contributed by atoms with Gasteiger partial charge in [0.05, 0.1) is 6.04 Å². The fourth-order valence-corrected chi connectivity index (χ4v) is 2.69. The second-order valence-corrected chi connectivity index (χ2v) is 5.08. The van der Waals surface area contributed by atoms with Gasteiger partial charge in [0.25, 0.3) is 0 Å². The van der Waals surface area contributed by atoms with Gasteiger partial charge in [0, 0.05) is 30.7 Å². The second-order valence-electron chi connectivity index (χ2n) is 4.17. The third kappa shape index (κ3) is 5.04. The second kappa shape index (κ2) is 8.93. The quantitative estimate of drug-likeness (QED) is 0.817. The number of halogens is 4. The number of piperazine rings is 1. The van der Waals surface area contributed by atoms with Crippen LogP contribution in [0, 0.1) is 5.82 Å². The van der Waals surface area contributed by atoms with E-state index in [0.29, 0.717) is 0 Å². The monoisotopic (exact) mass is 370 g/mol. The Morgan fingerprint density at radius 3 is 2.42 bits per heavy atom. The first kappa shape index (κ1) is 18.9. The summed E-state index contributed by atoms with van der Waals surface area (Å²) >= 11 is 3.33. The Kier molecular flexibility index (Phi) is 8.86. The molecule has 1 saturated heterocycles. The number of nitrogens with zero attached hydrogens (tertiary/aromatic N) is 1. The maximum absolute atomic E-state index is 13.4. The SMILES string of the molecule is C=C[C@@H](c1cc(F)cc(Br)c1)N1CCNCC1.Cl.Cl. The fourth-order valence-electron chi connectivity index (χ4n) is 2.20. The molecule has 0 amide bonds. The number of benzene rings is 1. The highest BCUT2D eigenvalue weighted by Crippen LogP contribution is 2.26. The summed E-state index contributed by atoms with van der Waals surface area (Å²) in [5.74, 6) is -0.212. The van der Waals surface area contributed by atoms with Crippen molar-refractivity contribution in [2.24, 2.45) is 0 Å². The van der Waals surface area contributed by atoms with Gasteiger partial charge in [-0.1, -0.05) is 22.0 Å². The van der Waals surface area contributed by atoms with Crippen LogP contribution < -0.4 is 5.32 Å². The topological polar surface area (TPSA) is 15.3 Å². The first-order valence-electron chi connectivity index (χ1n) is 5.74. The molecule has 0 aliphatic carbocycles. The molecule has 1 fully saturated rings. The van der Waals surface area contributed by atoms with Gasteiger partial charge in [-0.15, -0.1) is 31.4 Å². The molecule has 1 aliphatic rings. The zero-order chi connectivity index (χ0) is 12.3. The van der Waals surface area contributed by atoms with Crippen molar-refractivity contribution in [3.8, 4) is 0 Å². The van der Waals surface area contributed by atoms with E-state index in [1.165, 1.54) is 6.07 Å². The number of hydrogen-bond donors (Lipinski definition) is 1. The van der Waals surface area contributed by atoms with Crippen LogP contribution in [0.3, 0.4) is 0 Å². The normalized spacial score (nSPS) is 16.9. The molecule has 2 nitrogen and oxygen atoms in total. The Morgan fingerprint density at radius 1 is 1.26 bits per heavy atom. The Labute approximate surface area is 134 Å². The molecule has 6 heteroatoms. The van der Waals surface area contributed by atoms with Gasteiger partial charge in [0.2, 0.25) is 0 Å². The van der Waals surface area contributed by atoms with Crippen LogP contribution in [0.25, 0.3) is 0 Å². The summed E-state index contributed by atoms with van der Waals surface area (Å²) in [4.78, 5) is 2.31. The smallest absolute Gasteiger partial charge is 0.124 e. The highest BCUT2D eigenvalue weighted by atomic mass is 79.9. The Morgan fingerprint density at radius 2 is 1.89 bits per heavy atom. The van der Waals surface area contributed by atoms with Crippen LogP contribution in [0.15, 0.2) is 35.3 Å². The predicted octanol–water partition coefficient (Wildman–Crippen LogP) is 3.56. The molecule has 108 valence electrons. The fraction of sp³-hybridized carbons (Fsp3) is 0.385. The molecule has 1 heterocycles. The Balaban J connectivity index is 0.00000162. The average Bonchev–Trinajstić information content (AvgIpc) is 2.30. The van der Waals surface area contributed by atoms with Crippen LogP contribution in [0.5, 0.6) is 0 Å². The zero-order valence-corrected chi connectivity index (χ0v) is 13.7. The molecule has 0 unspecified atom stereocenters. The first-order chi connectivity index (χ1) is 8.20. The third-order valence-corrected chi connectivity index (χ3v) is 3.45. The highest BCUT2D eigenvalue weighted by Gasteiger charge is 2.20. The van der Waals surface area contributed by atoms with Crippen molar-refractivity contribution in [3.63, 3.8) is 0 Å². The molecular formula is C13H18BrCl2FN2. The molecule has 0 aromatic heterocycles. The van der Waals surface area contributed by atoms with Crippen LogP contribution >= 0.6 is 40.7 Å². The van der Waals surface area contributed by atoms with E-state index in [-0.39, 0.29) is 36.7 Å². The van der Waals surface area contributed by atoms with Gasteiger partial charge in [-0.25, -0.2) is 4.39 Å². The van der Waals surface area contributed by atoms with E-state index >= 15 is 0 Å². The van der Waals surface area contributed by atoms with Crippen molar-refractivity contribution in [3.05, 3.63) is 46.7 Å². The molecule has 1 aromatic rings. The van der Waals surface area contributed by atoms with Gasteiger partial charge in [-0.05, 0) is 23.8 Å². The van der Waals surface area contributed by atoms with E-state index in [9.17, 15) is 4.39 Å². The van der Waals surface area contributed by atoms with Gasteiger partial charge >= 0.3 is 0 Å². The summed E-state index contributed by atoms with van der Waals surface area (Å²) in [5.41, 5.74) is 0.953. The molecule has 0 bridgehead atoms. The van der Waals surface area contributed by atoms with Crippen LogP contribution in [0.4, 0.5) is 4.39 Å². The van der Waals surface area contributed by atoms with E-state index < -0.39 is 0 Å². The number of rotatable bonds is 3. The van der Waals surface area contributed by atoms with Crippen LogP contribution in [0.1, 0.15) is 11.6 Å². The summed E-state index contributed by atoms with van der Waals surface area (Å²) in [5, 5.41) is 3.31. The largest absolute Gasteiger partial charge is 0.314 e. The molecule has 2 rings (SSSR count). The minimum Gasteiger partial charge on any atom is -0.314 e. The molecular weight excluding hydrogens is 354 g/mol. The highest BCUT2D eigenvalue weighted by molar-refractivity contribution is 9.10. The molecule has 0 saturated carbocycles. The molecule has 19 heavy (non-hydrogen) atoms. The van der Waals surface area contributed by atoms with E-state index in [1.807, 2.05) is 12.1 Å². The Bertz CT molecular complexity index is 391. The third-order valence-electron chi connectivity index (χ3n) is 2.99. The van der Waals surface area contributed by atoms with Crippen molar-refractivity contribution in [1.29, 1.82) is 0 Å². The minimum absolute atomic E-state index is 0. The van der Waals surface area contributed by atoms with Crippen molar-refractivity contribution in [2.45, 2.75) is 6.04 Å². The van der Waals surface area contributed by atoms with Gasteiger partial charge in [-0.3, -0.25) is 4.90 Å². The van der Waals surface area contributed by atoms with Crippen LogP contribution in [0.2, 0.25) is 0 Å². The van der Waals surface area contributed by atoms with Crippen LogP contribution in [-0.4, -0.2) is 31.1 Å². The summed E-state index contributed by atoms with van der Waals surface area (Å²) in [6.45, 7) is 7.74. The average molecular weight is 372 g/mol. The number of nitrogens with one attached hydrogen (secondary N) is 1. The standard InChI is InChI=1S/C13H16BrFN2.2ClH/c1-2-13(17-5-3-16-4-6-17)10-7-11(14)9-12(15)8-10;;/h2,7-9,13,16H,1,3-6H2;2*1H/t13-;;/m0../s1. The predicted molar refractivity (Wildman–Crippen MR) is 86.0 cm³/mol. The lowest BCUT2D eigenvalue weighted by molar-refractivity contribution is 0.203.